The lowest BCUT2D eigenvalue weighted by atomic mass is 9.99. The Balaban J connectivity index is 2.79. The summed E-state index contributed by atoms with van der Waals surface area (Å²) in [4.78, 5) is 0. The Bertz CT molecular complexity index is 289. The molecule has 3 heteroatoms. The van der Waals surface area contributed by atoms with E-state index in [0.717, 1.165) is 24.3 Å². The zero-order chi connectivity index (χ0) is 15.0. The van der Waals surface area contributed by atoms with Gasteiger partial charge in [-0.05, 0) is 32.6 Å². The molecule has 0 heterocycles. The summed E-state index contributed by atoms with van der Waals surface area (Å²) >= 11 is 0. The quantitative estimate of drug-likeness (QED) is 0.355. The van der Waals surface area contributed by atoms with Crippen LogP contribution >= 0.6 is 0 Å². The van der Waals surface area contributed by atoms with Crippen LogP contribution in [0.1, 0.15) is 72.6 Å². The molecule has 20 heavy (non-hydrogen) atoms. The molecule has 1 fully saturated rings. The molecule has 1 rings (SSSR count). The number of allylic oxidation sites excluding steroid dienone is 1. The third kappa shape index (κ3) is 4.92. The van der Waals surface area contributed by atoms with Gasteiger partial charge in [0.05, 0.1) is 5.76 Å². The van der Waals surface area contributed by atoms with Crippen LogP contribution in [0, 0.1) is 5.92 Å². The minimum atomic E-state index is -2.11. The molecule has 118 valence electrons. The van der Waals surface area contributed by atoms with Gasteiger partial charge in [0, 0.05) is 18.2 Å². The number of rotatable bonds is 11. The van der Waals surface area contributed by atoms with E-state index in [-0.39, 0.29) is 0 Å². The zero-order valence-electron chi connectivity index (χ0n) is 14.0. The standard InChI is InChI=1S/C17H34O2Si/c1-6-9-11-16(7-2)14-20(18-8-3,19-15(4)5)17-12-10-13-17/h16-17H,4,6-14H2,1-3,5H3. The van der Waals surface area contributed by atoms with Crippen LogP contribution in [0.2, 0.25) is 11.6 Å². The van der Waals surface area contributed by atoms with Crippen molar-refractivity contribution in [2.75, 3.05) is 6.61 Å². The average molecular weight is 299 g/mol. The number of hydrogen-bond acceptors (Lipinski definition) is 2. The maximum absolute atomic E-state index is 6.32. The minimum Gasteiger partial charge on any atom is -0.524 e. The fraction of sp³-hybridized carbons (Fsp3) is 0.882. The summed E-state index contributed by atoms with van der Waals surface area (Å²) in [6, 6.07) is 1.16. The predicted octanol–water partition coefficient (Wildman–Crippen LogP) is 5.79. The van der Waals surface area contributed by atoms with Gasteiger partial charge in [0.2, 0.25) is 0 Å². The normalized spacial score (nSPS) is 20.0. The van der Waals surface area contributed by atoms with Gasteiger partial charge in [0.25, 0.3) is 0 Å². The summed E-state index contributed by atoms with van der Waals surface area (Å²) in [6.45, 7) is 13.4. The van der Waals surface area contributed by atoms with E-state index in [9.17, 15) is 0 Å². The van der Waals surface area contributed by atoms with E-state index in [0.29, 0.717) is 5.54 Å². The van der Waals surface area contributed by atoms with Gasteiger partial charge < -0.3 is 8.85 Å². The van der Waals surface area contributed by atoms with Crippen molar-refractivity contribution in [2.45, 2.75) is 84.2 Å². The number of hydrogen-bond donors (Lipinski definition) is 0. The van der Waals surface area contributed by atoms with E-state index in [2.05, 4.69) is 27.4 Å². The SMILES string of the molecule is C=C(C)O[Si](CC(CC)CCCC)(OCC)C1CCC1. The molecule has 0 aromatic heterocycles. The molecule has 1 saturated carbocycles. The molecule has 0 N–H and O–H groups in total. The molecule has 0 aromatic carbocycles. The Kier molecular flexibility index (Phi) is 7.89. The van der Waals surface area contributed by atoms with E-state index >= 15 is 0 Å². The fourth-order valence-corrected chi connectivity index (χ4v) is 7.89. The molecule has 1 aliphatic carbocycles. The Morgan fingerprint density at radius 2 is 2.00 bits per heavy atom. The van der Waals surface area contributed by atoms with Crippen molar-refractivity contribution in [1.82, 2.24) is 0 Å². The molecule has 0 aromatic rings. The maximum Gasteiger partial charge on any atom is 0.402 e. The molecular formula is C17H34O2Si. The second-order valence-corrected chi connectivity index (χ2v) is 9.64. The monoisotopic (exact) mass is 298 g/mol. The zero-order valence-corrected chi connectivity index (χ0v) is 15.0. The highest BCUT2D eigenvalue weighted by atomic mass is 28.4. The van der Waals surface area contributed by atoms with Gasteiger partial charge in [0.15, 0.2) is 0 Å². The molecule has 0 radical (unpaired) electrons. The molecule has 0 bridgehead atoms. The van der Waals surface area contributed by atoms with Gasteiger partial charge in [0.1, 0.15) is 0 Å². The minimum absolute atomic E-state index is 0.690. The smallest absolute Gasteiger partial charge is 0.402 e. The highest BCUT2D eigenvalue weighted by Crippen LogP contribution is 2.46. The van der Waals surface area contributed by atoms with Gasteiger partial charge in [-0.1, -0.05) is 52.5 Å². The van der Waals surface area contributed by atoms with E-state index in [1.165, 1.54) is 44.9 Å². The van der Waals surface area contributed by atoms with Gasteiger partial charge in [-0.15, -0.1) is 0 Å². The molecule has 0 amide bonds. The van der Waals surface area contributed by atoms with Crippen molar-refractivity contribution >= 4 is 8.56 Å². The first-order valence-electron chi connectivity index (χ1n) is 8.56. The molecule has 2 nitrogen and oxygen atoms in total. The summed E-state index contributed by atoms with van der Waals surface area (Å²) < 4.78 is 12.6. The van der Waals surface area contributed by atoms with E-state index in [1.807, 2.05) is 6.92 Å². The summed E-state index contributed by atoms with van der Waals surface area (Å²) in [6.07, 6.45) is 9.11. The van der Waals surface area contributed by atoms with Crippen LogP contribution in [0.25, 0.3) is 0 Å². The lowest BCUT2D eigenvalue weighted by molar-refractivity contribution is 0.179. The molecule has 0 aliphatic heterocycles. The van der Waals surface area contributed by atoms with Gasteiger partial charge >= 0.3 is 8.56 Å². The van der Waals surface area contributed by atoms with E-state index in [1.54, 1.807) is 0 Å². The second-order valence-electron chi connectivity index (χ2n) is 6.30. The van der Waals surface area contributed by atoms with Crippen molar-refractivity contribution in [3.8, 4) is 0 Å². The average Bonchev–Trinajstić information content (AvgIpc) is 2.31. The number of unbranched alkanes of at least 4 members (excludes halogenated alkanes) is 1. The van der Waals surface area contributed by atoms with Gasteiger partial charge in [-0.3, -0.25) is 0 Å². The van der Waals surface area contributed by atoms with Crippen LogP contribution in [-0.4, -0.2) is 15.2 Å². The Labute approximate surface area is 127 Å². The van der Waals surface area contributed by atoms with E-state index in [4.69, 9.17) is 8.85 Å². The lowest BCUT2D eigenvalue weighted by Crippen LogP contribution is -2.50. The molecule has 2 unspecified atom stereocenters. The van der Waals surface area contributed by atoms with Crippen LogP contribution in [0.4, 0.5) is 0 Å². The largest absolute Gasteiger partial charge is 0.524 e. The predicted molar refractivity (Wildman–Crippen MR) is 89.0 cm³/mol. The Hall–Kier alpha value is -0.283. The summed E-state index contributed by atoms with van der Waals surface area (Å²) in [5.41, 5.74) is 0.690. The molecule has 0 spiro atoms. The van der Waals surface area contributed by atoms with Crippen LogP contribution in [0.15, 0.2) is 12.3 Å². The van der Waals surface area contributed by atoms with Crippen LogP contribution in [0.5, 0.6) is 0 Å². The third-order valence-electron chi connectivity index (χ3n) is 4.58. The van der Waals surface area contributed by atoms with Gasteiger partial charge in [-0.2, -0.15) is 0 Å². The van der Waals surface area contributed by atoms with Gasteiger partial charge in [-0.25, -0.2) is 0 Å². The van der Waals surface area contributed by atoms with Crippen molar-refractivity contribution in [3.05, 3.63) is 12.3 Å². The highest BCUT2D eigenvalue weighted by Gasteiger charge is 2.51. The van der Waals surface area contributed by atoms with Crippen LogP contribution in [-0.2, 0) is 8.85 Å². The Morgan fingerprint density at radius 3 is 2.40 bits per heavy atom. The van der Waals surface area contributed by atoms with Crippen molar-refractivity contribution < 1.29 is 8.85 Å². The van der Waals surface area contributed by atoms with Crippen molar-refractivity contribution in [3.63, 3.8) is 0 Å². The third-order valence-corrected chi connectivity index (χ3v) is 9.02. The first kappa shape index (κ1) is 17.8. The lowest BCUT2D eigenvalue weighted by Gasteiger charge is -2.43. The Morgan fingerprint density at radius 1 is 1.30 bits per heavy atom. The first-order valence-corrected chi connectivity index (χ1v) is 10.7. The summed E-state index contributed by atoms with van der Waals surface area (Å²) in [5.74, 6) is 1.61. The van der Waals surface area contributed by atoms with Crippen LogP contribution in [0.3, 0.4) is 0 Å². The maximum atomic E-state index is 6.32. The topological polar surface area (TPSA) is 18.5 Å². The fourth-order valence-electron chi connectivity index (χ4n) is 3.23. The van der Waals surface area contributed by atoms with Crippen molar-refractivity contribution in [1.29, 1.82) is 0 Å². The van der Waals surface area contributed by atoms with E-state index < -0.39 is 8.56 Å². The summed E-state index contributed by atoms with van der Waals surface area (Å²) in [5, 5.41) is 0. The second kappa shape index (κ2) is 8.88. The van der Waals surface area contributed by atoms with Crippen LogP contribution < -0.4 is 0 Å². The first-order chi connectivity index (χ1) is 9.57. The van der Waals surface area contributed by atoms with Crippen molar-refractivity contribution in [2.24, 2.45) is 5.92 Å². The summed E-state index contributed by atoms with van der Waals surface area (Å²) in [7, 11) is -2.11. The molecule has 1 aliphatic rings. The molecule has 2 atom stereocenters. The molecular weight excluding hydrogens is 264 g/mol. The molecule has 0 saturated heterocycles. The highest BCUT2D eigenvalue weighted by molar-refractivity contribution is 6.69.